The van der Waals surface area contributed by atoms with E-state index in [-0.39, 0.29) is 11.8 Å². The first kappa shape index (κ1) is 14.6. The average molecular weight is 322 g/mol. The zero-order chi connectivity index (χ0) is 16.4. The summed E-state index contributed by atoms with van der Waals surface area (Å²) < 4.78 is 1.66. The van der Waals surface area contributed by atoms with Gasteiger partial charge in [-0.25, -0.2) is 0 Å². The number of benzene rings is 1. The smallest absolute Gasteiger partial charge is 0.229 e. The summed E-state index contributed by atoms with van der Waals surface area (Å²) in [5.74, 6) is 0.869. The van der Waals surface area contributed by atoms with Crippen LogP contribution >= 0.6 is 0 Å². The molecule has 122 valence electrons. The fourth-order valence-electron chi connectivity index (χ4n) is 3.05. The molecule has 7 heteroatoms. The van der Waals surface area contributed by atoms with Crippen molar-refractivity contribution in [1.29, 1.82) is 0 Å². The minimum Gasteiger partial charge on any atom is -0.354 e. The summed E-state index contributed by atoms with van der Waals surface area (Å²) >= 11 is 0. The number of amides is 1. The maximum atomic E-state index is 12.5. The van der Waals surface area contributed by atoms with Crippen LogP contribution in [0.5, 0.6) is 0 Å². The second kappa shape index (κ2) is 6.27. The van der Waals surface area contributed by atoms with Crippen molar-refractivity contribution in [2.75, 3.05) is 23.3 Å². The molecule has 4 rings (SSSR count). The molecule has 3 heterocycles. The predicted octanol–water partition coefficient (Wildman–Crippen LogP) is 1.98. The molecule has 1 N–H and O–H groups in total. The topological polar surface area (TPSA) is 75.4 Å². The standard InChI is InChI=1S/C17H18N6O/c24-17(19-14-6-2-1-3-7-14)13-5-4-10-22(11-13)16-9-8-15-20-18-12-23(15)21-16/h1-3,6-9,12-13H,4-5,10-11H2,(H,19,24). The van der Waals surface area contributed by atoms with E-state index in [1.807, 2.05) is 42.5 Å². The van der Waals surface area contributed by atoms with Crippen molar-refractivity contribution in [3.8, 4) is 0 Å². The molecule has 1 amide bonds. The number of anilines is 2. The van der Waals surface area contributed by atoms with Crippen LogP contribution in [0.1, 0.15) is 12.8 Å². The van der Waals surface area contributed by atoms with E-state index in [1.165, 1.54) is 0 Å². The maximum Gasteiger partial charge on any atom is 0.229 e. The van der Waals surface area contributed by atoms with E-state index < -0.39 is 0 Å². The number of fused-ring (bicyclic) bond motifs is 1. The van der Waals surface area contributed by atoms with Crippen LogP contribution in [0.3, 0.4) is 0 Å². The van der Waals surface area contributed by atoms with E-state index in [4.69, 9.17) is 0 Å². The molecule has 1 aliphatic rings. The largest absolute Gasteiger partial charge is 0.354 e. The van der Waals surface area contributed by atoms with E-state index in [0.717, 1.165) is 30.9 Å². The summed E-state index contributed by atoms with van der Waals surface area (Å²) in [6.07, 6.45) is 3.45. The summed E-state index contributed by atoms with van der Waals surface area (Å²) in [4.78, 5) is 14.7. The van der Waals surface area contributed by atoms with Crippen molar-refractivity contribution in [3.05, 3.63) is 48.8 Å². The molecular formula is C17H18N6O. The molecule has 24 heavy (non-hydrogen) atoms. The molecular weight excluding hydrogens is 304 g/mol. The second-order valence-electron chi connectivity index (χ2n) is 5.97. The van der Waals surface area contributed by atoms with E-state index in [0.29, 0.717) is 12.2 Å². The van der Waals surface area contributed by atoms with Gasteiger partial charge in [-0.15, -0.1) is 15.3 Å². The number of para-hydroxylation sites is 1. The molecule has 0 aliphatic carbocycles. The Morgan fingerprint density at radius 2 is 2.04 bits per heavy atom. The van der Waals surface area contributed by atoms with E-state index >= 15 is 0 Å². The summed E-state index contributed by atoms with van der Waals surface area (Å²) in [6.45, 7) is 1.56. The molecule has 1 saturated heterocycles. The van der Waals surface area contributed by atoms with Crippen LogP contribution in [-0.2, 0) is 4.79 Å². The first-order chi connectivity index (χ1) is 11.8. The Hall–Kier alpha value is -2.96. The lowest BCUT2D eigenvalue weighted by Gasteiger charge is -2.32. The highest BCUT2D eigenvalue weighted by atomic mass is 16.1. The molecule has 1 atom stereocenters. The Morgan fingerprint density at radius 1 is 1.17 bits per heavy atom. The van der Waals surface area contributed by atoms with Gasteiger partial charge < -0.3 is 10.2 Å². The Balaban J connectivity index is 1.47. The molecule has 2 aromatic heterocycles. The number of nitrogens with zero attached hydrogens (tertiary/aromatic N) is 5. The van der Waals surface area contributed by atoms with E-state index in [2.05, 4.69) is 25.5 Å². The first-order valence-electron chi connectivity index (χ1n) is 8.07. The lowest BCUT2D eigenvalue weighted by molar-refractivity contribution is -0.120. The Kier molecular flexibility index (Phi) is 3.82. The lowest BCUT2D eigenvalue weighted by atomic mass is 9.97. The average Bonchev–Trinajstić information content (AvgIpc) is 3.10. The minimum atomic E-state index is -0.0441. The third-order valence-electron chi connectivity index (χ3n) is 4.31. The van der Waals surface area contributed by atoms with Gasteiger partial charge in [0.05, 0.1) is 5.92 Å². The number of carbonyl (C=O) groups is 1. The summed E-state index contributed by atoms with van der Waals surface area (Å²) in [7, 11) is 0. The summed E-state index contributed by atoms with van der Waals surface area (Å²) in [5.41, 5.74) is 1.55. The normalized spacial score (nSPS) is 17.8. The minimum absolute atomic E-state index is 0.0441. The Labute approximate surface area is 139 Å². The lowest BCUT2D eigenvalue weighted by Crippen LogP contribution is -2.41. The van der Waals surface area contributed by atoms with Crippen LogP contribution < -0.4 is 10.2 Å². The van der Waals surface area contributed by atoms with Crippen LogP contribution in [0.15, 0.2) is 48.8 Å². The molecule has 0 radical (unpaired) electrons. The van der Waals surface area contributed by atoms with Crippen molar-refractivity contribution in [1.82, 2.24) is 19.8 Å². The van der Waals surface area contributed by atoms with Crippen molar-refractivity contribution < 1.29 is 4.79 Å². The molecule has 0 spiro atoms. The fourth-order valence-corrected chi connectivity index (χ4v) is 3.05. The maximum absolute atomic E-state index is 12.5. The highest BCUT2D eigenvalue weighted by Crippen LogP contribution is 2.23. The molecule has 1 fully saturated rings. The van der Waals surface area contributed by atoms with Crippen molar-refractivity contribution in [2.45, 2.75) is 12.8 Å². The number of hydrogen-bond donors (Lipinski definition) is 1. The fraction of sp³-hybridized carbons (Fsp3) is 0.294. The number of aromatic nitrogens is 4. The van der Waals surface area contributed by atoms with Gasteiger partial charge >= 0.3 is 0 Å². The van der Waals surface area contributed by atoms with Crippen LogP contribution in [0.4, 0.5) is 11.5 Å². The third kappa shape index (κ3) is 2.92. The van der Waals surface area contributed by atoms with Gasteiger partial charge in [0.15, 0.2) is 5.65 Å². The molecule has 1 aromatic carbocycles. The third-order valence-corrected chi connectivity index (χ3v) is 4.31. The van der Waals surface area contributed by atoms with Gasteiger partial charge in [0.25, 0.3) is 0 Å². The van der Waals surface area contributed by atoms with Gasteiger partial charge in [-0.3, -0.25) is 4.79 Å². The SMILES string of the molecule is O=C(Nc1ccccc1)C1CCCN(c2ccc3nncn3n2)C1. The Morgan fingerprint density at radius 3 is 2.92 bits per heavy atom. The van der Waals surface area contributed by atoms with E-state index in [1.54, 1.807) is 10.8 Å². The van der Waals surface area contributed by atoms with Gasteiger partial charge in [0.2, 0.25) is 5.91 Å². The molecule has 1 unspecified atom stereocenters. The summed E-state index contributed by atoms with van der Waals surface area (Å²) in [5, 5.41) is 15.3. The zero-order valence-corrected chi connectivity index (χ0v) is 13.2. The second-order valence-corrected chi connectivity index (χ2v) is 5.97. The quantitative estimate of drug-likeness (QED) is 0.798. The van der Waals surface area contributed by atoms with E-state index in [9.17, 15) is 4.79 Å². The number of piperidine rings is 1. The highest BCUT2D eigenvalue weighted by molar-refractivity contribution is 5.93. The van der Waals surface area contributed by atoms with Crippen molar-refractivity contribution in [3.63, 3.8) is 0 Å². The zero-order valence-electron chi connectivity index (χ0n) is 13.2. The van der Waals surface area contributed by atoms with Crippen LogP contribution in [0, 0.1) is 5.92 Å². The van der Waals surface area contributed by atoms with Crippen LogP contribution in [-0.4, -0.2) is 38.8 Å². The number of rotatable bonds is 3. The van der Waals surface area contributed by atoms with Gasteiger partial charge in [0.1, 0.15) is 12.1 Å². The molecule has 0 saturated carbocycles. The van der Waals surface area contributed by atoms with Gasteiger partial charge in [-0.2, -0.15) is 4.52 Å². The van der Waals surface area contributed by atoms with Crippen LogP contribution in [0.25, 0.3) is 5.65 Å². The van der Waals surface area contributed by atoms with Gasteiger partial charge in [-0.1, -0.05) is 18.2 Å². The number of hydrogen-bond acceptors (Lipinski definition) is 5. The molecule has 0 bridgehead atoms. The summed E-state index contributed by atoms with van der Waals surface area (Å²) in [6, 6.07) is 13.4. The Bertz CT molecular complexity index is 846. The van der Waals surface area contributed by atoms with Gasteiger partial charge in [-0.05, 0) is 37.1 Å². The highest BCUT2D eigenvalue weighted by Gasteiger charge is 2.26. The monoisotopic (exact) mass is 322 g/mol. The number of carbonyl (C=O) groups excluding carboxylic acids is 1. The first-order valence-corrected chi connectivity index (χ1v) is 8.07. The molecule has 1 aliphatic heterocycles. The van der Waals surface area contributed by atoms with Crippen molar-refractivity contribution in [2.24, 2.45) is 5.92 Å². The van der Waals surface area contributed by atoms with Crippen molar-refractivity contribution >= 4 is 23.1 Å². The molecule has 3 aromatic rings. The van der Waals surface area contributed by atoms with Gasteiger partial charge in [0, 0.05) is 18.8 Å². The van der Waals surface area contributed by atoms with Crippen LogP contribution in [0.2, 0.25) is 0 Å². The predicted molar refractivity (Wildman–Crippen MR) is 90.8 cm³/mol. The molecule has 7 nitrogen and oxygen atoms in total. The number of nitrogens with one attached hydrogen (secondary N) is 1.